The van der Waals surface area contributed by atoms with Gasteiger partial charge in [-0.25, -0.2) is 4.57 Å². The van der Waals surface area contributed by atoms with Gasteiger partial charge in [-0.1, -0.05) is 0 Å². The Bertz CT molecular complexity index is 238. The summed E-state index contributed by atoms with van der Waals surface area (Å²) in [5.74, 6) is 0. The molecule has 1 heterocycles. The van der Waals surface area contributed by atoms with E-state index in [1.807, 2.05) is 24.5 Å². The lowest BCUT2D eigenvalue weighted by Gasteiger charge is -1.82. The lowest BCUT2D eigenvalue weighted by atomic mass is 10.7. The minimum Gasteiger partial charge on any atom is -0.368 e. The van der Waals surface area contributed by atoms with Crippen LogP contribution in [0, 0.1) is 0 Å². The summed E-state index contributed by atoms with van der Waals surface area (Å²) in [7, 11) is -7.77. The maximum absolute atomic E-state index is 8.88. The molecule has 0 amide bonds. The van der Waals surface area contributed by atoms with Crippen molar-refractivity contribution in [1.82, 2.24) is 4.98 Å². The Kier molecular flexibility index (Phi) is 10.4. The number of phosphoric acid groups is 1. The molecule has 1 rings (SSSR count). The van der Waals surface area contributed by atoms with Crippen LogP contribution >= 0.6 is 16.1 Å². The minimum atomic E-state index is -4.64. The number of hydrogen-bond donors (Lipinski definition) is 6. The Hall–Kier alpha value is -0.460. The van der Waals surface area contributed by atoms with Crippen molar-refractivity contribution < 1.29 is 33.6 Å². The molecule has 0 aromatic carbocycles. The van der Waals surface area contributed by atoms with Crippen LogP contribution in [0.5, 0.6) is 0 Å². The maximum Gasteiger partial charge on any atom is 0.466 e. The maximum atomic E-state index is 8.88. The third-order valence-corrected chi connectivity index (χ3v) is 0.496. The Morgan fingerprint density at radius 3 is 1.36 bits per heavy atom. The molecular formula is C4H11NO7P2. The van der Waals surface area contributed by atoms with Gasteiger partial charge in [0.15, 0.2) is 0 Å². The first kappa shape index (κ1) is 16.0. The highest BCUT2D eigenvalue weighted by Gasteiger charge is 2.00. The number of hydrogen-bond acceptors (Lipinski definition) is 2. The molecule has 84 valence electrons. The summed E-state index contributed by atoms with van der Waals surface area (Å²) < 4.78 is 17.6. The Labute approximate surface area is 80.1 Å². The van der Waals surface area contributed by atoms with Crippen LogP contribution in [0.3, 0.4) is 0 Å². The molecule has 14 heavy (non-hydrogen) atoms. The molecule has 0 bridgehead atoms. The van der Waals surface area contributed by atoms with E-state index in [0.717, 1.165) is 0 Å². The number of nitrogens with one attached hydrogen (secondary N) is 1. The number of aromatic amines is 1. The minimum absolute atomic E-state index is 1.88. The van der Waals surface area contributed by atoms with Crippen LogP contribution < -0.4 is 0 Å². The molecule has 10 heteroatoms. The fraction of sp³-hybridized carbons (Fsp3) is 0. The van der Waals surface area contributed by atoms with Gasteiger partial charge in [0, 0.05) is 12.4 Å². The third-order valence-electron chi connectivity index (χ3n) is 0.496. The monoisotopic (exact) mass is 247 g/mol. The van der Waals surface area contributed by atoms with Gasteiger partial charge in [0.25, 0.3) is 0 Å². The molecule has 0 aliphatic rings. The highest BCUT2D eigenvalue weighted by Crippen LogP contribution is 2.25. The topological polar surface area (TPSA) is 151 Å². The average Bonchev–Trinajstić information content (AvgIpc) is 2.32. The summed E-state index contributed by atoms with van der Waals surface area (Å²) in [6.45, 7) is 0. The quantitative estimate of drug-likeness (QED) is 0.336. The van der Waals surface area contributed by atoms with Crippen molar-refractivity contribution in [3.63, 3.8) is 0 Å². The lowest BCUT2D eigenvalue weighted by Crippen LogP contribution is -1.66. The fourth-order valence-electron chi connectivity index (χ4n) is 0.278. The predicted molar refractivity (Wildman–Crippen MR) is 48.5 cm³/mol. The van der Waals surface area contributed by atoms with Crippen LogP contribution in [-0.4, -0.2) is 29.5 Å². The molecule has 0 atom stereocenters. The van der Waals surface area contributed by atoms with Gasteiger partial charge < -0.3 is 29.5 Å². The predicted octanol–water partition coefficient (Wildman–Crippen LogP) is -0.553. The largest absolute Gasteiger partial charge is 0.466 e. The molecule has 1 aromatic heterocycles. The van der Waals surface area contributed by atoms with E-state index in [1.165, 1.54) is 0 Å². The third kappa shape index (κ3) is 62.2. The van der Waals surface area contributed by atoms with E-state index in [-0.39, 0.29) is 0 Å². The lowest BCUT2D eigenvalue weighted by molar-refractivity contribution is 0.275. The molecule has 0 aliphatic heterocycles. The van der Waals surface area contributed by atoms with E-state index in [4.69, 9.17) is 33.6 Å². The van der Waals surface area contributed by atoms with Crippen molar-refractivity contribution in [3.05, 3.63) is 24.5 Å². The second-order valence-corrected chi connectivity index (χ2v) is 3.27. The van der Waals surface area contributed by atoms with Crippen LogP contribution in [0.1, 0.15) is 0 Å². The molecular weight excluding hydrogens is 236 g/mol. The zero-order valence-corrected chi connectivity index (χ0v) is 8.70. The first-order valence-corrected chi connectivity index (χ1v) is 5.88. The van der Waals surface area contributed by atoms with E-state index in [9.17, 15) is 0 Å². The molecule has 0 unspecified atom stereocenters. The first-order valence-electron chi connectivity index (χ1n) is 3.01. The summed E-state index contributed by atoms with van der Waals surface area (Å²) >= 11 is 0. The van der Waals surface area contributed by atoms with Gasteiger partial charge in [-0.15, -0.1) is 0 Å². The SMILES string of the molecule is O=P(O)(O)O.O=[PH](O)O.c1cc[nH]c1. The van der Waals surface area contributed by atoms with Gasteiger partial charge in [-0.2, -0.15) is 0 Å². The fourth-order valence-corrected chi connectivity index (χ4v) is 0.278. The van der Waals surface area contributed by atoms with E-state index in [0.29, 0.717) is 0 Å². The number of rotatable bonds is 0. The molecule has 8 nitrogen and oxygen atoms in total. The van der Waals surface area contributed by atoms with Gasteiger partial charge in [0.1, 0.15) is 0 Å². The molecule has 0 radical (unpaired) electrons. The van der Waals surface area contributed by atoms with Crippen molar-refractivity contribution in [3.8, 4) is 0 Å². The molecule has 0 spiro atoms. The van der Waals surface area contributed by atoms with E-state index >= 15 is 0 Å². The zero-order valence-electron chi connectivity index (χ0n) is 6.81. The van der Waals surface area contributed by atoms with Crippen LogP contribution in [0.25, 0.3) is 0 Å². The van der Waals surface area contributed by atoms with Gasteiger partial charge in [-0.3, -0.25) is 4.57 Å². The molecule has 6 N–H and O–H groups in total. The molecule has 0 saturated heterocycles. The molecule has 0 saturated carbocycles. The van der Waals surface area contributed by atoms with Gasteiger partial charge in [-0.05, 0) is 12.1 Å². The van der Waals surface area contributed by atoms with Crippen molar-refractivity contribution in [2.45, 2.75) is 0 Å². The Morgan fingerprint density at radius 1 is 1.07 bits per heavy atom. The molecule has 1 aromatic rings. The number of aromatic nitrogens is 1. The number of H-pyrrole nitrogens is 1. The van der Waals surface area contributed by atoms with Crippen molar-refractivity contribution in [2.24, 2.45) is 0 Å². The Balaban J connectivity index is 0. The summed E-state index contributed by atoms with van der Waals surface area (Å²) in [5.41, 5.74) is 0. The zero-order chi connectivity index (χ0) is 11.6. The van der Waals surface area contributed by atoms with Crippen molar-refractivity contribution in [1.29, 1.82) is 0 Å². The van der Waals surface area contributed by atoms with Crippen molar-refractivity contribution in [2.75, 3.05) is 0 Å². The highest BCUT2D eigenvalue weighted by atomic mass is 31.2. The highest BCUT2D eigenvalue weighted by molar-refractivity contribution is 7.45. The molecule has 0 aliphatic carbocycles. The smallest absolute Gasteiger partial charge is 0.368 e. The van der Waals surface area contributed by atoms with E-state index < -0.39 is 16.1 Å². The summed E-state index contributed by atoms with van der Waals surface area (Å²) in [5, 5.41) is 0. The van der Waals surface area contributed by atoms with E-state index in [2.05, 4.69) is 4.98 Å². The standard InChI is InChI=1S/C4H5N.H3O4P.H3O3P/c1-2-4-5-3-1;1-5(2,3)4;1-4(2)3/h1-5H;(H3,1,2,3,4);4H,(H2,1,2,3). The van der Waals surface area contributed by atoms with Gasteiger partial charge in [0.05, 0.1) is 0 Å². The Morgan fingerprint density at radius 2 is 1.29 bits per heavy atom. The van der Waals surface area contributed by atoms with Gasteiger partial charge in [0.2, 0.25) is 0 Å². The second-order valence-electron chi connectivity index (χ2n) is 1.68. The normalized spacial score (nSPS) is 9.57. The second kappa shape index (κ2) is 9.11. The summed E-state index contributed by atoms with van der Waals surface area (Å²) in [4.78, 5) is 38.7. The van der Waals surface area contributed by atoms with Crippen LogP contribution in [0.4, 0.5) is 0 Å². The summed E-state index contributed by atoms with van der Waals surface area (Å²) in [6, 6.07) is 3.89. The van der Waals surface area contributed by atoms with E-state index in [1.54, 1.807) is 0 Å². The average molecular weight is 247 g/mol. The van der Waals surface area contributed by atoms with Crippen LogP contribution in [-0.2, 0) is 9.13 Å². The van der Waals surface area contributed by atoms with Gasteiger partial charge >= 0.3 is 16.1 Å². The van der Waals surface area contributed by atoms with Crippen molar-refractivity contribution >= 4 is 16.1 Å². The molecule has 0 fully saturated rings. The van der Waals surface area contributed by atoms with Crippen LogP contribution in [0.15, 0.2) is 24.5 Å². The van der Waals surface area contributed by atoms with Crippen LogP contribution in [0.2, 0.25) is 0 Å². The first-order chi connectivity index (χ1) is 6.23. The summed E-state index contributed by atoms with van der Waals surface area (Å²) in [6.07, 6.45) is 3.75.